The molecule has 1 unspecified atom stereocenters. The zero-order chi connectivity index (χ0) is 15.1. The summed E-state index contributed by atoms with van der Waals surface area (Å²) < 4.78 is 5.13. The second-order valence-corrected chi connectivity index (χ2v) is 4.52. The fraction of sp³-hybridized carbons (Fsp3) is 0.429. The number of aromatic hydroxyl groups is 1. The predicted molar refractivity (Wildman–Crippen MR) is 72.4 cm³/mol. The number of phenols is 1. The third-order valence-corrected chi connectivity index (χ3v) is 2.77. The Hall–Kier alpha value is -2.24. The van der Waals surface area contributed by atoms with Crippen molar-refractivity contribution in [1.29, 1.82) is 0 Å². The molecule has 2 N–H and O–H groups in total. The maximum atomic E-state index is 11.9. The van der Waals surface area contributed by atoms with E-state index in [2.05, 4.69) is 0 Å². The normalized spacial score (nSPS) is 11.7. The monoisotopic (exact) mass is 281 g/mol. The number of carboxylic acid groups (broad SMARTS) is 1. The minimum absolute atomic E-state index is 0.112. The Balaban J connectivity index is 2.75. The summed E-state index contributed by atoms with van der Waals surface area (Å²) in [5.74, 6) is -0.995. The minimum atomic E-state index is -1.11. The molecule has 1 aromatic carbocycles. The summed E-state index contributed by atoms with van der Waals surface area (Å²) in [5.41, 5.74) is 0.713. The molecule has 0 fully saturated rings. The highest BCUT2D eigenvalue weighted by atomic mass is 16.6. The second-order valence-electron chi connectivity index (χ2n) is 4.52. The fourth-order valence-electron chi connectivity index (χ4n) is 1.50. The second kappa shape index (κ2) is 7.37. The summed E-state index contributed by atoms with van der Waals surface area (Å²) in [7, 11) is 0. The van der Waals surface area contributed by atoms with Crippen LogP contribution in [0, 0.1) is 0 Å². The number of hydrogen-bond donors (Lipinski definition) is 2. The van der Waals surface area contributed by atoms with Crippen LogP contribution in [0.1, 0.15) is 25.8 Å². The van der Waals surface area contributed by atoms with Gasteiger partial charge in [-0.3, -0.25) is 9.69 Å². The van der Waals surface area contributed by atoms with Crippen molar-refractivity contribution in [2.45, 2.75) is 32.9 Å². The number of carbonyl (C=O) groups is 2. The first-order valence-corrected chi connectivity index (χ1v) is 6.37. The zero-order valence-electron chi connectivity index (χ0n) is 11.6. The number of ether oxygens (including phenoxy) is 1. The van der Waals surface area contributed by atoms with Gasteiger partial charge in [0.05, 0.1) is 0 Å². The van der Waals surface area contributed by atoms with Gasteiger partial charge in [-0.1, -0.05) is 19.1 Å². The van der Waals surface area contributed by atoms with Gasteiger partial charge >= 0.3 is 12.1 Å². The van der Waals surface area contributed by atoms with Crippen LogP contribution < -0.4 is 0 Å². The molecule has 6 nitrogen and oxygen atoms in total. The Kier molecular flexibility index (Phi) is 5.83. The zero-order valence-corrected chi connectivity index (χ0v) is 11.6. The molecule has 0 aliphatic carbocycles. The molecule has 0 heterocycles. The van der Waals surface area contributed by atoms with Crippen molar-refractivity contribution in [2.24, 2.45) is 0 Å². The van der Waals surface area contributed by atoms with E-state index in [1.54, 1.807) is 19.1 Å². The van der Waals surface area contributed by atoms with Crippen LogP contribution in [0.4, 0.5) is 4.79 Å². The van der Waals surface area contributed by atoms with Gasteiger partial charge in [-0.2, -0.15) is 0 Å². The number of carboxylic acids is 1. The smallest absolute Gasteiger partial charge is 0.410 e. The SMILES string of the molecule is CCC(C)OC(=O)N(CC(=O)O)Cc1ccc(O)cc1. The van der Waals surface area contributed by atoms with Gasteiger partial charge in [-0.05, 0) is 31.0 Å². The average molecular weight is 281 g/mol. The van der Waals surface area contributed by atoms with Crippen LogP contribution >= 0.6 is 0 Å². The highest BCUT2D eigenvalue weighted by molar-refractivity contribution is 5.76. The number of benzene rings is 1. The van der Waals surface area contributed by atoms with Gasteiger partial charge in [0, 0.05) is 6.54 Å². The molecule has 0 aliphatic rings. The van der Waals surface area contributed by atoms with Gasteiger partial charge in [0.15, 0.2) is 0 Å². The van der Waals surface area contributed by atoms with Crippen LogP contribution in [0.25, 0.3) is 0 Å². The van der Waals surface area contributed by atoms with E-state index in [0.29, 0.717) is 12.0 Å². The number of amides is 1. The van der Waals surface area contributed by atoms with E-state index in [0.717, 1.165) is 4.90 Å². The first-order chi connectivity index (χ1) is 9.42. The van der Waals surface area contributed by atoms with Crippen LogP contribution in [0.3, 0.4) is 0 Å². The maximum absolute atomic E-state index is 11.9. The number of phenolic OH excluding ortho intramolecular Hbond substituents is 1. The average Bonchev–Trinajstić information content (AvgIpc) is 2.39. The van der Waals surface area contributed by atoms with Crippen molar-refractivity contribution in [3.8, 4) is 5.75 Å². The molecule has 1 atom stereocenters. The van der Waals surface area contributed by atoms with E-state index in [-0.39, 0.29) is 18.4 Å². The Morgan fingerprint density at radius 2 is 1.90 bits per heavy atom. The number of carbonyl (C=O) groups excluding carboxylic acids is 1. The predicted octanol–water partition coefficient (Wildman–Crippen LogP) is 2.21. The summed E-state index contributed by atoms with van der Waals surface area (Å²) in [4.78, 5) is 23.8. The Labute approximate surface area is 117 Å². The maximum Gasteiger partial charge on any atom is 0.410 e. The van der Waals surface area contributed by atoms with Gasteiger partial charge < -0.3 is 14.9 Å². The Morgan fingerprint density at radius 1 is 1.30 bits per heavy atom. The molecule has 0 aliphatic heterocycles. The highest BCUT2D eigenvalue weighted by Gasteiger charge is 2.20. The molecule has 0 radical (unpaired) electrons. The summed E-state index contributed by atoms with van der Waals surface area (Å²) >= 11 is 0. The van der Waals surface area contributed by atoms with Gasteiger partial charge in [0.25, 0.3) is 0 Å². The van der Waals surface area contributed by atoms with E-state index >= 15 is 0 Å². The van der Waals surface area contributed by atoms with Crippen molar-refractivity contribution in [2.75, 3.05) is 6.54 Å². The van der Waals surface area contributed by atoms with Crippen LogP contribution in [-0.2, 0) is 16.1 Å². The molecular formula is C14H19NO5. The lowest BCUT2D eigenvalue weighted by molar-refractivity contribution is -0.138. The summed E-state index contributed by atoms with van der Waals surface area (Å²) in [6, 6.07) is 6.21. The molecule has 6 heteroatoms. The molecule has 0 aromatic heterocycles. The number of nitrogens with zero attached hydrogens (tertiary/aromatic N) is 1. The largest absolute Gasteiger partial charge is 0.508 e. The van der Waals surface area contributed by atoms with Gasteiger partial charge in [0.2, 0.25) is 0 Å². The van der Waals surface area contributed by atoms with Crippen molar-refractivity contribution in [1.82, 2.24) is 4.90 Å². The molecule has 20 heavy (non-hydrogen) atoms. The van der Waals surface area contributed by atoms with E-state index in [1.165, 1.54) is 12.1 Å². The number of aliphatic carboxylic acids is 1. The molecule has 1 aromatic rings. The Morgan fingerprint density at radius 3 is 2.40 bits per heavy atom. The summed E-state index contributed by atoms with van der Waals surface area (Å²) in [6.07, 6.45) is -0.264. The molecule has 0 saturated heterocycles. The molecule has 0 saturated carbocycles. The van der Waals surface area contributed by atoms with Crippen LogP contribution in [0.15, 0.2) is 24.3 Å². The van der Waals surface area contributed by atoms with E-state index in [9.17, 15) is 14.7 Å². The van der Waals surface area contributed by atoms with Crippen LogP contribution in [0.5, 0.6) is 5.75 Å². The highest BCUT2D eigenvalue weighted by Crippen LogP contribution is 2.13. The molecule has 110 valence electrons. The van der Waals surface area contributed by atoms with E-state index < -0.39 is 18.6 Å². The van der Waals surface area contributed by atoms with Crippen molar-refractivity contribution in [3.63, 3.8) is 0 Å². The third-order valence-electron chi connectivity index (χ3n) is 2.77. The lowest BCUT2D eigenvalue weighted by Crippen LogP contribution is -2.37. The van der Waals surface area contributed by atoms with Gasteiger partial charge in [-0.25, -0.2) is 4.79 Å². The van der Waals surface area contributed by atoms with Crippen LogP contribution in [0.2, 0.25) is 0 Å². The third kappa shape index (κ3) is 5.17. The molecule has 1 amide bonds. The molecular weight excluding hydrogens is 262 g/mol. The molecule has 0 spiro atoms. The molecule has 0 bridgehead atoms. The first-order valence-electron chi connectivity index (χ1n) is 6.37. The minimum Gasteiger partial charge on any atom is -0.508 e. The Bertz CT molecular complexity index is 457. The lowest BCUT2D eigenvalue weighted by atomic mass is 10.2. The van der Waals surface area contributed by atoms with Gasteiger partial charge in [-0.15, -0.1) is 0 Å². The van der Waals surface area contributed by atoms with Crippen molar-refractivity contribution in [3.05, 3.63) is 29.8 Å². The van der Waals surface area contributed by atoms with E-state index in [4.69, 9.17) is 9.84 Å². The number of rotatable bonds is 6. The van der Waals surface area contributed by atoms with Crippen molar-refractivity contribution >= 4 is 12.1 Å². The lowest BCUT2D eigenvalue weighted by Gasteiger charge is -2.22. The summed E-state index contributed by atoms with van der Waals surface area (Å²) in [5, 5.41) is 18.1. The topological polar surface area (TPSA) is 87.1 Å². The molecule has 1 rings (SSSR count). The number of hydrogen-bond acceptors (Lipinski definition) is 4. The summed E-state index contributed by atoms with van der Waals surface area (Å²) in [6.45, 7) is 3.30. The van der Waals surface area contributed by atoms with Crippen LogP contribution in [-0.4, -0.2) is 39.8 Å². The fourth-order valence-corrected chi connectivity index (χ4v) is 1.50. The standard InChI is InChI=1S/C14H19NO5/c1-3-10(2)20-14(19)15(9-13(17)18)8-11-4-6-12(16)7-5-11/h4-7,10,16H,3,8-9H2,1-2H3,(H,17,18). The quantitative estimate of drug-likeness (QED) is 0.834. The van der Waals surface area contributed by atoms with Crippen molar-refractivity contribution < 1.29 is 24.5 Å². The van der Waals surface area contributed by atoms with Gasteiger partial charge in [0.1, 0.15) is 18.4 Å². The van der Waals surface area contributed by atoms with E-state index in [1.807, 2.05) is 6.92 Å². The first kappa shape index (κ1) is 15.8.